The van der Waals surface area contributed by atoms with Crippen LogP contribution >= 0.6 is 11.3 Å². The first-order valence-electron chi connectivity index (χ1n) is 6.05. The molecule has 90 valence electrons. The largest absolute Gasteiger partial charge is 0.365 e. The van der Waals surface area contributed by atoms with Crippen molar-refractivity contribution in [1.82, 2.24) is 4.98 Å². The Kier molecular flexibility index (Phi) is 2.99. The Morgan fingerprint density at radius 1 is 1.39 bits per heavy atom. The number of nitrogens with one attached hydrogen (secondary N) is 1. The van der Waals surface area contributed by atoms with Crippen LogP contribution in [0.3, 0.4) is 0 Å². The number of fused-ring (bicyclic) bond motifs is 1. The van der Waals surface area contributed by atoms with E-state index in [2.05, 4.69) is 22.4 Å². The summed E-state index contributed by atoms with van der Waals surface area (Å²) in [6.07, 6.45) is 5.39. The van der Waals surface area contributed by atoms with E-state index in [1.165, 1.54) is 29.7 Å². The van der Waals surface area contributed by atoms with E-state index in [1.54, 1.807) is 17.1 Å². The van der Waals surface area contributed by atoms with Gasteiger partial charge in [0.25, 0.3) is 0 Å². The van der Waals surface area contributed by atoms with E-state index < -0.39 is 0 Å². The highest BCUT2D eigenvalue weighted by Crippen LogP contribution is 2.30. The molecule has 0 amide bonds. The van der Waals surface area contributed by atoms with Crippen molar-refractivity contribution in [2.75, 3.05) is 5.32 Å². The molecule has 0 spiro atoms. The minimum Gasteiger partial charge on any atom is -0.365 e. The lowest BCUT2D eigenvalue weighted by Gasteiger charge is -2.03. The van der Waals surface area contributed by atoms with Gasteiger partial charge in [0, 0.05) is 16.0 Å². The first-order chi connectivity index (χ1) is 8.85. The average Bonchev–Trinajstić information content (AvgIpc) is 2.97. The van der Waals surface area contributed by atoms with E-state index in [0.29, 0.717) is 5.56 Å². The van der Waals surface area contributed by atoms with Crippen molar-refractivity contribution in [3.05, 3.63) is 45.3 Å². The molecule has 2 heterocycles. The van der Waals surface area contributed by atoms with Crippen LogP contribution in [0.4, 0.5) is 5.82 Å². The minimum atomic E-state index is 0.593. The Morgan fingerprint density at radius 3 is 3.06 bits per heavy atom. The van der Waals surface area contributed by atoms with Gasteiger partial charge in [-0.15, -0.1) is 11.3 Å². The molecule has 0 bridgehead atoms. The standard InChI is InChI=1S/C14H13N3S/c15-7-10-4-5-14(16-8-10)17-9-12-6-11-2-1-3-13(11)18-12/h4-6,8H,1-3,9H2,(H,16,17). The maximum Gasteiger partial charge on any atom is 0.126 e. The van der Waals surface area contributed by atoms with Gasteiger partial charge in [0.2, 0.25) is 0 Å². The molecule has 1 N–H and O–H groups in total. The van der Waals surface area contributed by atoms with E-state index in [9.17, 15) is 0 Å². The molecule has 0 saturated carbocycles. The second-order valence-electron chi connectivity index (χ2n) is 4.41. The summed E-state index contributed by atoms with van der Waals surface area (Å²) < 4.78 is 0. The van der Waals surface area contributed by atoms with Gasteiger partial charge in [0.15, 0.2) is 0 Å². The highest BCUT2D eigenvalue weighted by atomic mass is 32.1. The summed E-state index contributed by atoms with van der Waals surface area (Å²) in [6, 6.07) is 8.00. The number of nitriles is 1. The van der Waals surface area contributed by atoms with Gasteiger partial charge < -0.3 is 5.32 Å². The van der Waals surface area contributed by atoms with E-state index >= 15 is 0 Å². The van der Waals surface area contributed by atoms with Crippen LogP contribution < -0.4 is 5.32 Å². The van der Waals surface area contributed by atoms with E-state index in [1.807, 2.05) is 17.4 Å². The summed E-state index contributed by atoms with van der Waals surface area (Å²) in [7, 11) is 0. The molecule has 1 aliphatic rings. The van der Waals surface area contributed by atoms with Crippen molar-refractivity contribution in [2.24, 2.45) is 0 Å². The molecule has 2 aromatic rings. The Morgan fingerprint density at radius 2 is 2.33 bits per heavy atom. The maximum atomic E-state index is 8.69. The molecule has 0 fully saturated rings. The van der Waals surface area contributed by atoms with E-state index in [4.69, 9.17) is 5.26 Å². The summed E-state index contributed by atoms with van der Waals surface area (Å²) in [5, 5.41) is 12.0. The minimum absolute atomic E-state index is 0.593. The normalized spacial score (nSPS) is 13.1. The van der Waals surface area contributed by atoms with Gasteiger partial charge in [-0.3, -0.25) is 0 Å². The Balaban J connectivity index is 1.64. The Labute approximate surface area is 110 Å². The molecule has 3 nitrogen and oxygen atoms in total. The van der Waals surface area contributed by atoms with Crippen LogP contribution in [-0.2, 0) is 19.4 Å². The summed E-state index contributed by atoms with van der Waals surface area (Å²) in [5.74, 6) is 0.822. The van der Waals surface area contributed by atoms with Crippen molar-refractivity contribution in [1.29, 1.82) is 5.26 Å². The van der Waals surface area contributed by atoms with Crippen molar-refractivity contribution >= 4 is 17.2 Å². The summed E-state index contributed by atoms with van der Waals surface area (Å²) in [5.41, 5.74) is 2.13. The number of thiophene rings is 1. The fraction of sp³-hybridized carbons (Fsp3) is 0.286. The number of aryl methyl sites for hydroxylation is 2. The number of pyridine rings is 1. The highest BCUT2D eigenvalue weighted by molar-refractivity contribution is 7.12. The topological polar surface area (TPSA) is 48.7 Å². The SMILES string of the molecule is N#Cc1ccc(NCc2cc3c(s2)CCC3)nc1. The van der Waals surface area contributed by atoms with Crippen LogP contribution in [0.1, 0.15) is 27.3 Å². The van der Waals surface area contributed by atoms with E-state index in [0.717, 1.165) is 12.4 Å². The Hall–Kier alpha value is -1.86. The zero-order chi connectivity index (χ0) is 12.4. The molecule has 0 aromatic carbocycles. The highest BCUT2D eigenvalue weighted by Gasteiger charge is 2.14. The molecule has 0 atom stereocenters. The van der Waals surface area contributed by atoms with Gasteiger partial charge in [-0.2, -0.15) is 5.26 Å². The van der Waals surface area contributed by atoms with Crippen LogP contribution in [-0.4, -0.2) is 4.98 Å². The lowest BCUT2D eigenvalue weighted by molar-refractivity contribution is 0.913. The molecular weight excluding hydrogens is 242 g/mol. The summed E-state index contributed by atoms with van der Waals surface area (Å²) in [6.45, 7) is 0.816. The quantitative estimate of drug-likeness (QED) is 0.916. The van der Waals surface area contributed by atoms with Gasteiger partial charge >= 0.3 is 0 Å². The van der Waals surface area contributed by atoms with Crippen molar-refractivity contribution < 1.29 is 0 Å². The van der Waals surface area contributed by atoms with E-state index in [-0.39, 0.29) is 0 Å². The van der Waals surface area contributed by atoms with Crippen LogP contribution in [0.25, 0.3) is 0 Å². The van der Waals surface area contributed by atoms with Crippen LogP contribution in [0, 0.1) is 11.3 Å². The zero-order valence-electron chi connectivity index (χ0n) is 9.94. The Bertz CT molecular complexity index is 571. The number of hydrogen-bond donors (Lipinski definition) is 1. The number of nitrogens with zero attached hydrogens (tertiary/aromatic N) is 2. The maximum absolute atomic E-state index is 8.69. The first-order valence-corrected chi connectivity index (χ1v) is 6.87. The summed E-state index contributed by atoms with van der Waals surface area (Å²) in [4.78, 5) is 7.12. The first kappa shape index (κ1) is 11.2. The fourth-order valence-corrected chi connectivity index (χ4v) is 3.42. The molecule has 1 aliphatic carbocycles. The molecule has 18 heavy (non-hydrogen) atoms. The predicted molar refractivity (Wildman–Crippen MR) is 72.6 cm³/mol. The molecule has 0 radical (unpaired) electrons. The van der Waals surface area contributed by atoms with Crippen LogP contribution in [0.15, 0.2) is 24.4 Å². The van der Waals surface area contributed by atoms with Gasteiger partial charge in [-0.05, 0) is 43.0 Å². The van der Waals surface area contributed by atoms with Crippen LogP contribution in [0.5, 0.6) is 0 Å². The fourth-order valence-electron chi connectivity index (χ4n) is 2.22. The second-order valence-corrected chi connectivity index (χ2v) is 5.63. The third-order valence-electron chi connectivity index (χ3n) is 3.13. The van der Waals surface area contributed by atoms with Crippen LogP contribution in [0.2, 0.25) is 0 Å². The molecular formula is C14H13N3S. The number of aromatic nitrogens is 1. The smallest absolute Gasteiger partial charge is 0.126 e. The molecule has 3 rings (SSSR count). The molecule has 0 unspecified atom stereocenters. The van der Waals surface area contributed by atoms with Gasteiger partial charge in [-0.1, -0.05) is 0 Å². The lowest BCUT2D eigenvalue weighted by Crippen LogP contribution is -1.99. The van der Waals surface area contributed by atoms with Crippen molar-refractivity contribution in [2.45, 2.75) is 25.8 Å². The number of rotatable bonds is 3. The molecule has 4 heteroatoms. The summed E-state index contributed by atoms with van der Waals surface area (Å²) >= 11 is 1.91. The van der Waals surface area contributed by atoms with Crippen molar-refractivity contribution in [3.63, 3.8) is 0 Å². The van der Waals surface area contributed by atoms with Gasteiger partial charge in [0.1, 0.15) is 11.9 Å². The average molecular weight is 255 g/mol. The monoisotopic (exact) mass is 255 g/mol. The molecule has 0 saturated heterocycles. The van der Waals surface area contributed by atoms with Crippen molar-refractivity contribution in [3.8, 4) is 6.07 Å². The van der Waals surface area contributed by atoms with Gasteiger partial charge in [-0.25, -0.2) is 4.98 Å². The number of hydrogen-bond acceptors (Lipinski definition) is 4. The second kappa shape index (κ2) is 4.79. The molecule has 0 aliphatic heterocycles. The van der Waals surface area contributed by atoms with Gasteiger partial charge in [0.05, 0.1) is 12.1 Å². The predicted octanol–water partition coefficient (Wildman–Crippen LogP) is 3.12. The third-order valence-corrected chi connectivity index (χ3v) is 4.37. The molecule has 2 aromatic heterocycles. The lowest BCUT2D eigenvalue weighted by atomic mass is 10.2. The zero-order valence-corrected chi connectivity index (χ0v) is 10.8. The third kappa shape index (κ3) is 2.22. The number of anilines is 1.